The summed E-state index contributed by atoms with van der Waals surface area (Å²) in [5.74, 6) is 0.138. The molecule has 0 atom stereocenters. The number of amides is 1. The number of hydrogen-bond acceptors (Lipinski definition) is 2. The van der Waals surface area contributed by atoms with E-state index >= 15 is 0 Å². The van der Waals surface area contributed by atoms with Crippen molar-refractivity contribution < 1.29 is 4.79 Å². The summed E-state index contributed by atoms with van der Waals surface area (Å²) in [5, 5.41) is 4.21. The van der Waals surface area contributed by atoms with Crippen LogP contribution in [0.2, 0.25) is 0 Å². The molecule has 0 radical (unpaired) electrons. The van der Waals surface area contributed by atoms with Crippen molar-refractivity contribution in [3.05, 3.63) is 45.7 Å². The van der Waals surface area contributed by atoms with Gasteiger partial charge in [0.15, 0.2) is 0 Å². The van der Waals surface area contributed by atoms with E-state index in [1.54, 1.807) is 0 Å². The Bertz CT molecular complexity index is 771. The predicted octanol–water partition coefficient (Wildman–Crippen LogP) is 3.61. The minimum absolute atomic E-state index is 0.0502. The Morgan fingerprint density at radius 1 is 1.17 bits per heavy atom. The molecule has 1 aromatic carbocycles. The van der Waals surface area contributed by atoms with Crippen LogP contribution in [0.3, 0.4) is 0 Å². The molecule has 0 bridgehead atoms. The summed E-state index contributed by atoms with van der Waals surface area (Å²) in [7, 11) is 0. The number of carbonyl (C=O) groups is 1. The number of fused-ring (bicyclic) bond motifs is 1. The molecule has 4 nitrogen and oxygen atoms in total. The molecule has 4 heteroatoms. The van der Waals surface area contributed by atoms with Gasteiger partial charge < -0.3 is 10.3 Å². The number of pyridine rings is 1. The summed E-state index contributed by atoms with van der Waals surface area (Å²) in [6, 6.07) is 8.29. The van der Waals surface area contributed by atoms with Gasteiger partial charge in [-0.15, -0.1) is 0 Å². The average Bonchev–Trinajstić information content (AvgIpc) is 2.83. The minimum atomic E-state index is -0.0502. The number of nitrogens with one attached hydrogen (secondary N) is 2. The summed E-state index contributed by atoms with van der Waals surface area (Å²) >= 11 is 0. The molecule has 1 heterocycles. The van der Waals surface area contributed by atoms with Crippen molar-refractivity contribution in [3.8, 4) is 0 Å². The van der Waals surface area contributed by atoms with Crippen LogP contribution >= 0.6 is 0 Å². The molecular formula is C20H26N2O2. The zero-order valence-corrected chi connectivity index (χ0v) is 14.4. The number of rotatable bonds is 4. The molecular weight excluding hydrogens is 300 g/mol. The highest BCUT2D eigenvalue weighted by atomic mass is 16.1. The Labute approximate surface area is 142 Å². The van der Waals surface area contributed by atoms with Crippen LogP contribution < -0.4 is 10.9 Å². The normalized spacial score (nSPS) is 16.0. The number of benzene rings is 1. The van der Waals surface area contributed by atoms with E-state index in [0.29, 0.717) is 18.9 Å². The molecule has 0 unspecified atom stereocenters. The van der Waals surface area contributed by atoms with Gasteiger partial charge >= 0.3 is 0 Å². The number of H-pyrrole nitrogens is 1. The van der Waals surface area contributed by atoms with Crippen molar-refractivity contribution >= 4 is 16.8 Å². The zero-order valence-electron chi connectivity index (χ0n) is 14.4. The molecule has 1 aliphatic carbocycles. The van der Waals surface area contributed by atoms with E-state index in [0.717, 1.165) is 34.9 Å². The molecule has 128 valence electrons. The predicted molar refractivity (Wildman–Crippen MR) is 97.3 cm³/mol. The van der Waals surface area contributed by atoms with Gasteiger partial charge in [0.05, 0.1) is 0 Å². The lowest BCUT2D eigenvalue weighted by Crippen LogP contribution is -2.34. The van der Waals surface area contributed by atoms with Gasteiger partial charge in [0, 0.05) is 23.5 Å². The fourth-order valence-electron chi connectivity index (χ4n) is 3.49. The van der Waals surface area contributed by atoms with Gasteiger partial charge in [-0.3, -0.25) is 9.59 Å². The van der Waals surface area contributed by atoms with Crippen molar-refractivity contribution in [1.82, 2.24) is 10.3 Å². The smallest absolute Gasteiger partial charge is 0.251 e. The van der Waals surface area contributed by atoms with Crippen LogP contribution in [-0.4, -0.2) is 16.9 Å². The third-order valence-corrected chi connectivity index (χ3v) is 4.96. The Hall–Kier alpha value is -2.10. The summed E-state index contributed by atoms with van der Waals surface area (Å²) < 4.78 is 0. The van der Waals surface area contributed by atoms with Gasteiger partial charge in [0.1, 0.15) is 0 Å². The van der Waals surface area contributed by atoms with E-state index in [2.05, 4.69) is 10.3 Å². The third-order valence-electron chi connectivity index (χ3n) is 4.96. The van der Waals surface area contributed by atoms with E-state index in [1.165, 1.54) is 25.7 Å². The largest absolute Gasteiger partial charge is 0.353 e. The molecule has 24 heavy (non-hydrogen) atoms. The van der Waals surface area contributed by atoms with Gasteiger partial charge in [-0.1, -0.05) is 37.8 Å². The van der Waals surface area contributed by atoms with Crippen molar-refractivity contribution in [2.75, 3.05) is 0 Å². The molecule has 2 N–H and O–H groups in total. The monoisotopic (exact) mass is 326 g/mol. The van der Waals surface area contributed by atoms with E-state index in [1.807, 2.05) is 31.2 Å². The van der Waals surface area contributed by atoms with E-state index in [-0.39, 0.29) is 11.5 Å². The third kappa shape index (κ3) is 4.25. The highest BCUT2D eigenvalue weighted by Crippen LogP contribution is 2.18. The number of aryl methyl sites for hydroxylation is 2. The minimum Gasteiger partial charge on any atom is -0.353 e. The first-order valence-electron chi connectivity index (χ1n) is 9.04. The van der Waals surface area contributed by atoms with Crippen LogP contribution in [0.25, 0.3) is 10.9 Å². The van der Waals surface area contributed by atoms with Gasteiger partial charge in [-0.25, -0.2) is 0 Å². The first kappa shape index (κ1) is 16.7. The highest BCUT2D eigenvalue weighted by Gasteiger charge is 2.14. The first-order chi connectivity index (χ1) is 11.6. The topological polar surface area (TPSA) is 62.0 Å². The maximum atomic E-state index is 12.2. The standard InChI is InChI=1S/C20H26N2O2/c1-14-12-16-10-8-15(13-18(16)22-20(14)24)9-11-19(23)21-17-6-4-2-3-5-7-17/h8,10,12-13,17H,2-7,9,11H2,1H3,(H,21,23)(H,22,24). The number of carbonyl (C=O) groups excluding carboxylic acids is 1. The van der Waals surface area contributed by atoms with Crippen LogP contribution in [-0.2, 0) is 11.2 Å². The van der Waals surface area contributed by atoms with Gasteiger partial charge in [-0.05, 0) is 49.3 Å². The summed E-state index contributed by atoms with van der Waals surface area (Å²) in [6.45, 7) is 1.81. The van der Waals surface area contributed by atoms with E-state index < -0.39 is 0 Å². The Morgan fingerprint density at radius 2 is 1.92 bits per heavy atom. The average molecular weight is 326 g/mol. The van der Waals surface area contributed by atoms with Crippen molar-refractivity contribution in [3.63, 3.8) is 0 Å². The fourth-order valence-corrected chi connectivity index (χ4v) is 3.49. The summed E-state index contributed by atoms with van der Waals surface area (Å²) in [5.41, 5.74) is 2.59. The van der Waals surface area contributed by atoms with Crippen molar-refractivity contribution in [1.29, 1.82) is 0 Å². The van der Waals surface area contributed by atoms with Crippen molar-refractivity contribution in [2.24, 2.45) is 0 Å². The summed E-state index contributed by atoms with van der Waals surface area (Å²) in [6.07, 6.45) is 8.46. The molecule has 1 aromatic heterocycles. The second kappa shape index (κ2) is 7.65. The van der Waals surface area contributed by atoms with E-state index in [9.17, 15) is 9.59 Å². The Balaban J connectivity index is 1.59. The Morgan fingerprint density at radius 3 is 2.67 bits per heavy atom. The SMILES string of the molecule is Cc1cc2ccc(CCC(=O)NC3CCCCCC3)cc2[nH]c1=O. The fraction of sp³-hybridized carbons (Fsp3) is 0.500. The van der Waals surface area contributed by atoms with Gasteiger partial charge in [0.2, 0.25) is 5.91 Å². The molecule has 0 spiro atoms. The van der Waals surface area contributed by atoms with Crippen LogP contribution in [0.1, 0.15) is 56.1 Å². The highest BCUT2D eigenvalue weighted by molar-refractivity contribution is 5.80. The number of aromatic amines is 1. The molecule has 2 aromatic rings. The maximum Gasteiger partial charge on any atom is 0.251 e. The molecule has 1 aliphatic rings. The van der Waals surface area contributed by atoms with Gasteiger partial charge in [0.25, 0.3) is 5.56 Å². The molecule has 3 rings (SSSR count). The molecule has 0 saturated heterocycles. The van der Waals surface area contributed by atoms with Crippen LogP contribution in [0.15, 0.2) is 29.1 Å². The molecule has 0 aliphatic heterocycles. The second-order valence-electron chi connectivity index (χ2n) is 6.96. The van der Waals surface area contributed by atoms with Crippen LogP contribution in [0.5, 0.6) is 0 Å². The number of aromatic nitrogens is 1. The lowest BCUT2D eigenvalue weighted by molar-refractivity contribution is -0.121. The second-order valence-corrected chi connectivity index (χ2v) is 6.96. The van der Waals surface area contributed by atoms with E-state index in [4.69, 9.17) is 0 Å². The van der Waals surface area contributed by atoms with Crippen LogP contribution in [0, 0.1) is 6.92 Å². The van der Waals surface area contributed by atoms with Gasteiger partial charge in [-0.2, -0.15) is 0 Å². The summed E-state index contributed by atoms with van der Waals surface area (Å²) in [4.78, 5) is 26.8. The maximum absolute atomic E-state index is 12.2. The quantitative estimate of drug-likeness (QED) is 0.843. The molecule has 1 amide bonds. The Kier molecular flexibility index (Phi) is 5.34. The zero-order chi connectivity index (χ0) is 16.9. The molecule has 1 saturated carbocycles. The first-order valence-corrected chi connectivity index (χ1v) is 9.04. The van der Waals surface area contributed by atoms with Crippen molar-refractivity contribution in [2.45, 2.75) is 64.3 Å². The lowest BCUT2D eigenvalue weighted by atomic mass is 10.0. The lowest BCUT2D eigenvalue weighted by Gasteiger charge is -2.16. The molecule has 1 fully saturated rings. The van der Waals surface area contributed by atoms with Crippen LogP contribution in [0.4, 0.5) is 0 Å². The number of hydrogen-bond donors (Lipinski definition) is 2.